The fourth-order valence-corrected chi connectivity index (χ4v) is 1.79. The summed E-state index contributed by atoms with van der Waals surface area (Å²) in [6, 6.07) is 7.06. The van der Waals surface area contributed by atoms with Crippen LogP contribution in [0.25, 0.3) is 0 Å². The molecule has 0 bridgehead atoms. The predicted octanol–water partition coefficient (Wildman–Crippen LogP) is 2.23. The third-order valence-corrected chi connectivity index (χ3v) is 2.71. The number of aromatic nitrogens is 3. The van der Waals surface area contributed by atoms with E-state index in [0.29, 0.717) is 23.9 Å². The van der Waals surface area contributed by atoms with Crippen LogP contribution >= 0.6 is 11.6 Å². The average Bonchev–Trinajstić information content (AvgIpc) is 2.44. The summed E-state index contributed by atoms with van der Waals surface area (Å²) in [5, 5.41) is 3.20. The van der Waals surface area contributed by atoms with E-state index in [0.717, 1.165) is 5.56 Å². The number of aryl methyl sites for hydroxylation is 1. The fraction of sp³-hybridized carbons (Fsp3) is 0.231. The van der Waals surface area contributed by atoms with Crippen molar-refractivity contribution in [2.45, 2.75) is 13.5 Å². The van der Waals surface area contributed by atoms with Crippen LogP contribution in [0.1, 0.15) is 21.7 Å². The maximum Gasteiger partial charge on any atom is 0.337 e. The minimum atomic E-state index is -0.357. The Balaban J connectivity index is 2.02. The lowest BCUT2D eigenvalue weighted by Crippen LogP contribution is -2.06. The normalized spacial score (nSPS) is 10.2. The monoisotopic (exact) mass is 292 g/mol. The maximum absolute atomic E-state index is 11.3. The van der Waals surface area contributed by atoms with Gasteiger partial charge >= 0.3 is 5.97 Å². The molecule has 0 aliphatic carbocycles. The molecule has 0 saturated heterocycles. The molecule has 1 aromatic carbocycles. The van der Waals surface area contributed by atoms with Crippen LogP contribution in [0.5, 0.6) is 0 Å². The van der Waals surface area contributed by atoms with Crippen molar-refractivity contribution in [1.29, 1.82) is 0 Å². The number of ether oxygens (including phenoxy) is 1. The molecular weight excluding hydrogens is 280 g/mol. The van der Waals surface area contributed by atoms with Gasteiger partial charge in [0.05, 0.1) is 12.7 Å². The van der Waals surface area contributed by atoms with Gasteiger partial charge in [-0.1, -0.05) is 12.1 Å². The first-order valence-corrected chi connectivity index (χ1v) is 6.25. The molecule has 0 amide bonds. The number of carbonyl (C=O) groups is 1. The van der Waals surface area contributed by atoms with E-state index < -0.39 is 0 Å². The average molecular weight is 293 g/mol. The molecule has 1 aromatic heterocycles. The van der Waals surface area contributed by atoms with Gasteiger partial charge < -0.3 is 10.1 Å². The highest BCUT2D eigenvalue weighted by Crippen LogP contribution is 2.09. The van der Waals surface area contributed by atoms with Crippen molar-refractivity contribution in [1.82, 2.24) is 15.0 Å². The summed E-state index contributed by atoms with van der Waals surface area (Å²) >= 11 is 5.75. The quantitative estimate of drug-likeness (QED) is 0.871. The van der Waals surface area contributed by atoms with Gasteiger partial charge in [0.2, 0.25) is 11.2 Å². The highest BCUT2D eigenvalue weighted by atomic mass is 35.5. The number of nitrogens with zero attached hydrogens (tertiary/aromatic N) is 3. The Morgan fingerprint density at radius 2 is 1.95 bits per heavy atom. The van der Waals surface area contributed by atoms with Crippen LogP contribution in [-0.4, -0.2) is 28.0 Å². The molecule has 0 atom stereocenters. The molecule has 6 nitrogen and oxygen atoms in total. The third kappa shape index (κ3) is 3.64. The Bertz CT molecular complexity index is 596. The zero-order valence-corrected chi connectivity index (χ0v) is 11.8. The van der Waals surface area contributed by atoms with Crippen LogP contribution in [-0.2, 0) is 11.3 Å². The number of benzene rings is 1. The second kappa shape index (κ2) is 6.29. The molecule has 0 aliphatic rings. The molecule has 0 spiro atoms. The molecular formula is C13H13ClN4O2. The highest BCUT2D eigenvalue weighted by molar-refractivity contribution is 6.28. The predicted molar refractivity (Wildman–Crippen MR) is 74.7 cm³/mol. The van der Waals surface area contributed by atoms with Crippen LogP contribution in [0.4, 0.5) is 5.95 Å². The van der Waals surface area contributed by atoms with E-state index in [1.54, 1.807) is 19.1 Å². The van der Waals surface area contributed by atoms with Gasteiger partial charge in [0.1, 0.15) is 5.82 Å². The number of halogens is 1. The Morgan fingerprint density at radius 3 is 2.55 bits per heavy atom. The van der Waals surface area contributed by atoms with Gasteiger partial charge in [0.25, 0.3) is 0 Å². The fourth-order valence-electron chi connectivity index (χ4n) is 1.59. The van der Waals surface area contributed by atoms with Crippen molar-refractivity contribution in [2.75, 3.05) is 12.4 Å². The van der Waals surface area contributed by atoms with Crippen LogP contribution < -0.4 is 5.32 Å². The zero-order valence-electron chi connectivity index (χ0n) is 11.1. The minimum Gasteiger partial charge on any atom is -0.465 e. The molecule has 2 aromatic rings. The molecule has 7 heteroatoms. The van der Waals surface area contributed by atoms with E-state index in [1.807, 2.05) is 12.1 Å². The summed E-state index contributed by atoms with van der Waals surface area (Å²) in [7, 11) is 1.35. The molecule has 2 rings (SSSR count). The summed E-state index contributed by atoms with van der Waals surface area (Å²) in [4.78, 5) is 23.3. The van der Waals surface area contributed by atoms with Crippen LogP contribution in [0.15, 0.2) is 24.3 Å². The standard InChI is InChI=1S/C13H13ClN4O2/c1-8-16-12(14)18-13(17-8)15-7-9-3-5-10(6-4-9)11(19)20-2/h3-6H,7H2,1-2H3,(H,15,16,17,18). The number of hydrogen-bond acceptors (Lipinski definition) is 6. The van der Waals surface area contributed by atoms with Crippen LogP contribution in [0.3, 0.4) is 0 Å². The summed E-state index contributed by atoms with van der Waals surface area (Å²) < 4.78 is 4.64. The Kier molecular flexibility index (Phi) is 4.47. The highest BCUT2D eigenvalue weighted by Gasteiger charge is 2.05. The third-order valence-electron chi connectivity index (χ3n) is 2.55. The lowest BCUT2D eigenvalue weighted by molar-refractivity contribution is 0.0600. The van der Waals surface area contributed by atoms with Gasteiger partial charge in [-0.3, -0.25) is 0 Å². The van der Waals surface area contributed by atoms with Gasteiger partial charge in [-0.2, -0.15) is 9.97 Å². The SMILES string of the molecule is COC(=O)c1ccc(CNc2nc(C)nc(Cl)n2)cc1. The number of rotatable bonds is 4. The van der Waals surface area contributed by atoms with Gasteiger partial charge in [0.15, 0.2) is 0 Å². The maximum atomic E-state index is 11.3. The summed E-state index contributed by atoms with van der Waals surface area (Å²) in [5.41, 5.74) is 1.49. The van der Waals surface area contributed by atoms with Crippen molar-refractivity contribution < 1.29 is 9.53 Å². The van der Waals surface area contributed by atoms with Crippen LogP contribution in [0.2, 0.25) is 5.28 Å². The van der Waals surface area contributed by atoms with Gasteiger partial charge in [-0.05, 0) is 36.2 Å². The summed E-state index contributed by atoms with van der Waals surface area (Å²) in [5.74, 6) is 0.609. The van der Waals surface area contributed by atoms with Crippen molar-refractivity contribution >= 4 is 23.5 Å². The molecule has 1 heterocycles. The smallest absolute Gasteiger partial charge is 0.337 e. The Labute approximate surface area is 121 Å². The number of anilines is 1. The summed E-state index contributed by atoms with van der Waals surface area (Å²) in [6.07, 6.45) is 0. The first-order chi connectivity index (χ1) is 9.58. The molecule has 20 heavy (non-hydrogen) atoms. The lowest BCUT2D eigenvalue weighted by atomic mass is 10.1. The van der Waals surface area contributed by atoms with E-state index in [1.165, 1.54) is 7.11 Å². The number of esters is 1. The van der Waals surface area contributed by atoms with Gasteiger partial charge in [-0.15, -0.1) is 0 Å². The Morgan fingerprint density at radius 1 is 1.25 bits per heavy atom. The number of hydrogen-bond donors (Lipinski definition) is 1. The molecule has 0 saturated carbocycles. The summed E-state index contributed by atoms with van der Waals surface area (Å²) in [6.45, 7) is 2.26. The number of nitrogens with one attached hydrogen (secondary N) is 1. The van der Waals surface area contributed by atoms with E-state index in [9.17, 15) is 4.79 Å². The van der Waals surface area contributed by atoms with Gasteiger partial charge in [0, 0.05) is 6.54 Å². The van der Waals surface area contributed by atoms with Crippen molar-refractivity contribution in [2.24, 2.45) is 0 Å². The van der Waals surface area contributed by atoms with E-state index in [-0.39, 0.29) is 11.3 Å². The molecule has 0 fully saturated rings. The van der Waals surface area contributed by atoms with Crippen molar-refractivity contribution in [3.05, 3.63) is 46.5 Å². The lowest BCUT2D eigenvalue weighted by Gasteiger charge is -2.06. The first-order valence-electron chi connectivity index (χ1n) is 5.88. The van der Waals surface area contributed by atoms with E-state index in [4.69, 9.17) is 11.6 Å². The zero-order chi connectivity index (χ0) is 14.5. The van der Waals surface area contributed by atoms with E-state index in [2.05, 4.69) is 25.0 Å². The molecule has 0 aliphatic heterocycles. The molecule has 104 valence electrons. The van der Waals surface area contributed by atoms with Gasteiger partial charge in [-0.25, -0.2) is 9.78 Å². The second-order valence-electron chi connectivity index (χ2n) is 4.02. The molecule has 0 unspecified atom stereocenters. The minimum absolute atomic E-state index is 0.154. The topological polar surface area (TPSA) is 77.0 Å². The number of methoxy groups -OCH3 is 1. The molecule has 1 N–H and O–H groups in total. The largest absolute Gasteiger partial charge is 0.465 e. The van der Waals surface area contributed by atoms with Crippen molar-refractivity contribution in [3.63, 3.8) is 0 Å². The Hall–Kier alpha value is -2.21. The molecule has 0 radical (unpaired) electrons. The van der Waals surface area contributed by atoms with Crippen LogP contribution in [0, 0.1) is 6.92 Å². The van der Waals surface area contributed by atoms with Crippen molar-refractivity contribution in [3.8, 4) is 0 Å². The first kappa shape index (κ1) is 14.2. The number of carbonyl (C=O) groups excluding carboxylic acids is 1. The second-order valence-corrected chi connectivity index (χ2v) is 4.36. The van der Waals surface area contributed by atoms with E-state index >= 15 is 0 Å².